The van der Waals surface area contributed by atoms with Crippen LogP contribution in [0.25, 0.3) is 0 Å². The largest absolute Gasteiger partial charge is 0.488 e. The summed E-state index contributed by atoms with van der Waals surface area (Å²) in [6.45, 7) is 3.71. The molecule has 0 saturated heterocycles. The third-order valence-electron chi connectivity index (χ3n) is 2.60. The van der Waals surface area contributed by atoms with Crippen molar-refractivity contribution in [2.24, 2.45) is 0 Å². The molecule has 0 bridgehead atoms. The highest BCUT2D eigenvalue weighted by atomic mass is 16.6. The number of benzene rings is 1. The Morgan fingerprint density at radius 3 is 2.67 bits per heavy atom. The summed E-state index contributed by atoms with van der Waals surface area (Å²) in [5.41, 5.74) is 0.649. The summed E-state index contributed by atoms with van der Waals surface area (Å²) in [6.07, 6.45) is 1.28. The van der Waals surface area contributed by atoms with Crippen molar-refractivity contribution in [1.82, 2.24) is 5.32 Å². The van der Waals surface area contributed by atoms with Crippen molar-refractivity contribution in [3.05, 3.63) is 23.8 Å². The first-order valence-corrected chi connectivity index (χ1v) is 6.88. The average Bonchev–Trinajstić information content (AvgIpc) is 2.44. The van der Waals surface area contributed by atoms with Gasteiger partial charge in [0.05, 0.1) is 13.2 Å². The molecule has 116 valence electrons. The molecule has 1 rings (SSSR count). The van der Waals surface area contributed by atoms with Crippen LogP contribution in [0.15, 0.2) is 18.2 Å². The summed E-state index contributed by atoms with van der Waals surface area (Å²) < 4.78 is 10.5. The van der Waals surface area contributed by atoms with Gasteiger partial charge in [0.1, 0.15) is 6.61 Å². The lowest BCUT2D eigenvalue weighted by atomic mass is 10.2. The Labute approximate surface area is 124 Å². The van der Waals surface area contributed by atoms with Gasteiger partial charge in [0, 0.05) is 13.3 Å². The van der Waals surface area contributed by atoms with Crippen molar-refractivity contribution >= 4 is 11.9 Å². The van der Waals surface area contributed by atoms with Gasteiger partial charge in [-0.1, -0.05) is 13.0 Å². The maximum absolute atomic E-state index is 11.3. The van der Waals surface area contributed by atoms with E-state index in [2.05, 4.69) is 5.32 Å². The molecular formula is C15H21NO5. The molecule has 0 fully saturated rings. The molecule has 21 heavy (non-hydrogen) atoms. The number of hydrogen-bond donors (Lipinski definition) is 2. The maximum Gasteiger partial charge on any atom is 0.308 e. The second kappa shape index (κ2) is 8.97. The van der Waals surface area contributed by atoms with Crippen molar-refractivity contribution in [2.75, 3.05) is 13.2 Å². The number of nitrogens with one attached hydrogen (secondary N) is 1. The standard InChI is InChI=1S/C15H21NO5/c1-3-4-15(19)16-7-8-20-14-9-12(10-17)5-6-13(14)21-11(2)18/h5-6,9,17H,3-4,7-8,10H2,1-2H3,(H,16,19). The fourth-order valence-corrected chi connectivity index (χ4v) is 1.67. The van der Waals surface area contributed by atoms with E-state index in [4.69, 9.17) is 14.6 Å². The number of esters is 1. The molecule has 6 nitrogen and oxygen atoms in total. The van der Waals surface area contributed by atoms with E-state index in [1.54, 1.807) is 18.2 Å². The Morgan fingerprint density at radius 2 is 2.05 bits per heavy atom. The quantitative estimate of drug-likeness (QED) is 0.430. The van der Waals surface area contributed by atoms with Gasteiger partial charge < -0.3 is 19.9 Å². The van der Waals surface area contributed by atoms with Crippen LogP contribution in [0.3, 0.4) is 0 Å². The van der Waals surface area contributed by atoms with Crippen molar-refractivity contribution in [3.63, 3.8) is 0 Å². The predicted octanol–water partition coefficient (Wildman–Crippen LogP) is 1.40. The lowest BCUT2D eigenvalue weighted by Gasteiger charge is -2.12. The number of carbonyl (C=O) groups is 2. The van der Waals surface area contributed by atoms with E-state index in [0.29, 0.717) is 30.0 Å². The molecule has 0 aliphatic carbocycles. The summed E-state index contributed by atoms with van der Waals surface area (Å²) in [5, 5.41) is 11.8. The molecule has 0 aromatic heterocycles. The molecule has 0 radical (unpaired) electrons. The highest BCUT2D eigenvalue weighted by Gasteiger charge is 2.09. The zero-order valence-corrected chi connectivity index (χ0v) is 12.3. The minimum Gasteiger partial charge on any atom is -0.488 e. The predicted molar refractivity (Wildman–Crippen MR) is 77.1 cm³/mol. The van der Waals surface area contributed by atoms with Crippen molar-refractivity contribution in [1.29, 1.82) is 0 Å². The third kappa shape index (κ3) is 6.27. The van der Waals surface area contributed by atoms with Crippen LogP contribution in [0, 0.1) is 0 Å². The van der Waals surface area contributed by atoms with Gasteiger partial charge in [0.2, 0.25) is 5.91 Å². The van der Waals surface area contributed by atoms with Crippen LogP contribution in [0.1, 0.15) is 32.3 Å². The first kappa shape index (κ1) is 17.0. The van der Waals surface area contributed by atoms with Gasteiger partial charge in [-0.25, -0.2) is 0 Å². The molecule has 2 N–H and O–H groups in total. The monoisotopic (exact) mass is 295 g/mol. The molecular weight excluding hydrogens is 274 g/mol. The van der Waals surface area contributed by atoms with E-state index in [9.17, 15) is 9.59 Å². The maximum atomic E-state index is 11.3. The normalized spacial score (nSPS) is 10.0. The molecule has 0 aliphatic heterocycles. The summed E-state index contributed by atoms with van der Waals surface area (Å²) in [4.78, 5) is 22.3. The first-order valence-electron chi connectivity index (χ1n) is 6.88. The summed E-state index contributed by atoms with van der Waals surface area (Å²) in [5.74, 6) is 0.180. The minimum atomic E-state index is -0.451. The first-order chi connectivity index (χ1) is 10.1. The van der Waals surface area contributed by atoms with Crippen molar-refractivity contribution in [2.45, 2.75) is 33.3 Å². The zero-order chi connectivity index (χ0) is 15.7. The van der Waals surface area contributed by atoms with Crippen LogP contribution >= 0.6 is 0 Å². The molecule has 6 heteroatoms. The molecule has 1 aromatic rings. The second-order valence-corrected chi connectivity index (χ2v) is 4.48. The number of hydrogen-bond acceptors (Lipinski definition) is 5. The fraction of sp³-hybridized carbons (Fsp3) is 0.467. The number of rotatable bonds is 8. The number of carbonyl (C=O) groups excluding carboxylic acids is 2. The highest BCUT2D eigenvalue weighted by Crippen LogP contribution is 2.28. The lowest BCUT2D eigenvalue weighted by Crippen LogP contribution is -2.27. The molecule has 0 spiro atoms. The molecule has 1 amide bonds. The SMILES string of the molecule is CCCC(=O)NCCOc1cc(CO)ccc1OC(C)=O. The Kier molecular flexibility index (Phi) is 7.25. The van der Waals surface area contributed by atoms with E-state index in [-0.39, 0.29) is 19.1 Å². The summed E-state index contributed by atoms with van der Waals surface area (Å²) >= 11 is 0. The Morgan fingerprint density at radius 1 is 1.29 bits per heavy atom. The topological polar surface area (TPSA) is 84.9 Å². The van der Waals surface area contributed by atoms with Crippen LogP contribution < -0.4 is 14.8 Å². The Hall–Kier alpha value is -2.08. The van der Waals surface area contributed by atoms with Gasteiger partial charge in [-0.05, 0) is 24.1 Å². The fourth-order valence-electron chi connectivity index (χ4n) is 1.67. The molecule has 1 aromatic carbocycles. The molecule has 0 heterocycles. The van der Waals surface area contributed by atoms with Gasteiger partial charge in [-0.2, -0.15) is 0 Å². The van der Waals surface area contributed by atoms with Gasteiger partial charge in [-0.3, -0.25) is 9.59 Å². The number of aliphatic hydroxyl groups is 1. The number of amides is 1. The second-order valence-electron chi connectivity index (χ2n) is 4.48. The number of aliphatic hydroxyl groups excluding tert-OH is 1. The van der Waals surface area contributed by atoms with E-state index in [1.165, 1.54) is 6.92 Å². The van der Waals surface area contributed by atoms with Crippen LogP contribution in [0.4, 0.5) is 0 Å². The molecule has 0 atom stereocenters. The van der Waals surface area contributed by atoms with Crippen LogP contribution in [0.2, 0.25) is 0 Å². The molecule has 0 unspecified atom stereocenters. The zero-order valence-electron chi connectivity index (χ0n) is 12.3. The smallest absolute Gasteiger partial charge is 0.308 e. The Balaban J connectivity index is 2.58. The molecule has 0 saturated carbocycles. The Bertz CT molecular complexity index is 487. The van der Waals surface area contributed by atoms with E-state index in [0.717, 1.165) is 6.42 Å². The van der Waals surface area contributed by atoms with Gasteiger partial charge >= 0.3 is 5.97 Å². The lowest BCUT2D eigenvalue weighted by molar-refractivity contribution is -0.132. The average molecular weight is 295 g/mol. The highest BCUT2D eigenvalue weighted by molar-refractivity contribution is 5.75. The van der Waals surface area contributed by atoms with Crippen molar-refractivity contribution in [3.8, 4) is 11.5 Å². The third-order valence-corrected chi connectivity index (χ3v) is 2.60. The summed E-state index contributed by atoms with van der Waals surface area (Å²) in [6, 6.07) is 4.82. The van der Waals surface area contributed by atoms with E-state index < -0.39 is 5.97 Å². The number of ether oxygens (including phenoxy) is 2. The van der Waals surface area contributed by atoms with Crippen LogP contribution in [0.5, 0.6) is 11.5 Å². The molecule has 0 aliphatic rings. The van der Waals surface area contributed by atoms with E-state index >= 15 is 0 Å². The van der Waals surface area contributed by atoms with Crippen LogP contribution in [-0.2, 0) is 16.2 Å². The van der Waals surface area contributed by atoms with Gasteiger partial charge in [0.25, 0.3) is 0 Å². The van der Waals surface area contributed by atoms with Gasteiger partial charge in [-0.15, -0.1) is 0 Å². The van der Waals surface area contributed by atoms with Gasteiger partial charge in [0.15, 0.2) is 11.5 Å². The van der Waals surface area contributed by atoms with E-state index in [1.807, 2.05) is 6.92 Å². The van der Waals surface area contributed by atoms with Crippen molar-refractivity contribution < 1.29 is 24.2 Å². The minimum absolute atomic E-state index is 0.0228. The summed E-state index contributed by atoms with van der Waals surface area (Å²) in [7, 11) is 0. The van der Waals surface area contributed by atoms with Crippen LogP contribution in [-0.4, -0.2) is 30.1 Å².